The molecule has 0 unspecified atom stereocenters. The van der Waals surface area contributed by atoms with E-state index in [1.54, 1.807) is 12.1 Å². The van der Waals surface area contributed by atoms with Gasteiger partial charge in [0.05, 0.1) is 10.5 Å². The number of halogens is 2. The lowest BCUT2D eigenvalue weighted by Gasteiger charge is -2.27. The van der Waals surface area contributed by atoms with Crippen LogP contribution in [0, 0.1) is 18.7 Å². The number of anilines is 1. The smallest absolute Gasteiger partial charge is 0.228 e. The van der Waals surface area contributed by atoms with Crippen LogP contribution in [0.3, 0.4) is 0 Å². The van der Waals surface area contributed by atoms with Gasteiger partial charge in [-0.3, -0.25) is 9.89 Å². The van der Waals surface area contributed by atoms with E-state index in [2.05, 4.69) is 27.5 Å². The molecule has 0 bridgehead atoms. The molecular weight excluding hydrogens is 379 g/mol. The van der Waals surface area contributed by atoms with Gasteiger partial charge in [0, 0.05) is 16.9 Å². The standard InChI is InChI=1S/C21H22ClFN4O/c1-12-3-5-16(23)18(19(12)22)14-4-6-17-15(11-14)20(26-25-17)24-21(28)13-7-9-27(2)10-8-13/h3-6,11,13H,7-10H2,1-2H3,(H2,24,25,26,28). The Hall–Kier alpha value is -2.44. The number of nitrogens with zero attached hydrogens (tertiary/aromatic N) is 2. The number of nitrogens with one attached hydrogen (secondary N) is 2. The number of aryl methyl sites for hydroxylation is 1. The van der Waals surface area contributed by atoms with Crippen molar-refractivity contribution in [1.29, 1.82) is 0 Å². The molecule has 2 N–H and O–H groups in total. The van der Waals surface area contributed by atoms with E-state index in [-0.39, 0.29) is 17.6 Å². The minimum atomic E-state index is -0.379. The fraction of sp³-hybridized carbons (Fsp3) is 0.333. The summed E-state index contributed by atoms with van der Waals surface area (Å²) in [6.07, 6.45) is 1.67. The van der Waals surface area contributed by atoms with E-state index in [9.17, 15) is 9.18 Å². The molecule has 1 fully saturated rings. The second kappa shape index (κ2) is 7.53. The van der Waals surface area contributed by atoms with E-state index in [4.69, 9.17) is 11.6 Å². The molecule has 1 aliphatic rings. The van der Waals surface area contributed by atoms with Crippen molar-refractivity contribution < 1.29 is 9.18 Å². The summed E-state index contributed by atoms with van der Waals surface area (Å²) in [6.45, 7) is 3.66. The first-order valence-electron chi connectivity index (χ1n) is 9.36. The SMILES string of the molecule is Cc1ccc(F)c(-c2ccc3[nH]nc(NC(=O)C4CCN(C)CC4)c3c2)c1Cl. The third-order valence-corrected chi connectivity index (χ3v) is 5.95. The topological polar surface area (TPSA) is 61.0 Å². The van der Waals surface area contributed by atoms with Crippen LogP contribution < -0.4 is 5.32 Å². The summed E-state index contributed by atoms with van der Waals surface area (Å²) in [5.41, 5.74) is 2.58. The van der Waals surface area contributed by atoms with Gasteiger partial charge in [-0.25, -0.2) is 4.39 Å². The molecule has 1 aliphatic heterocycles. The zero-order valence-electron chi connectivity index (χ0n) is 15.9. The van der Waals surface area contributed by atoms with Crippen LogP contribution >= 0.6 is 11.6 Å². The largest absolute Gasteiger partial charge is 0.308 e. The van der Waals surface area contributed by atoms with Crippen molar-refractivity contribution in [3.05, 3.63) is 46.7 Å². The molecule has 1 saturated heterocycles. The summed E-state index contributed by atoms with van der Waals surface area (Å²) in [5.74, 6) is 0.0433. The van der Waals surface area contributed by atoms with Crippen LogP contribution in [-0.4, -0.2) is 41.1 Å². The predicted octanol–water partition coefficient (Wildman–Crippen LogP) is 4.61. The Bertz CT molecular complexity index is 1040. The first kappa shape index (κ1) is 18.9. The summed E-state index contributed by atoms with van der Waals surface area (Å²) in [4.78, 5) is 14.9. The number of aromatic nitrogens is 2. The van der Waals surface area contributed by atoms with Crippen molar-refractivity contribution in [3.8, 4) is 11.1 Å². The number of fused-ring (bicyclic) bond motifs is 1. The summed E-state index contributed by atoms with van der Waals surface area (Å²) < 4.78 is 14.4. The molecule has 2 aromatic carbocycles. The number of rotatable bonds is 3. The van der Waals surface area contributed by atoms with Crippen LogP contribution in [0.2, 0.25) is 5.02 Å². The van der Waals surface area contributed by atoms with Gasteiger partial charge < -0.3 is 10.2 Å². The first-order valence-corrected chi connectivity index (χ1v) is 9.74. The van der Waals surface area contributed by atoms with Gasteiger partial charge in [0.25, 0.3) is 0 Å². The van der Waals surface area contributed by atoms with Gasteiger partial charge in [-0.15, -0.1) is 0 Å². The second-order valence-electron chi connectivity index (χ2n) is 7.45. The number of aromatic amines is 1. The van der Waals surface area contributed by atoms with Crippen molar-refractivity contribution in [1.82, 2.24) is 15.1 Å². The van der Waals surface area contributed by atoms with Crippen LogP contribution in [0.1, 0.15) is 18.4 Å². The van der Waals surface area contributed by atoms with Gasteiger partial charge in [0.2, 0.25) is 5.91 Å². The molecule has 1 amide bonds. The third-order valence-electron chi connectivity index (χ3n) is 5.47. The number of hydrogen-bond acceptors (Lipinski definition) is 3. The highest BCUT2D eigenvalue weighted by Crippen LogP contribution is 2.35. The highest BCUT2D eigenvalue weighted by Gasteiger charge is 2.24. The molecule has 4 rings (SSSR count). The number of piperidine rings is 1. The Kier molecular flexibility index (Phi) is 5.08. The molecule has 2 heterocycles. The number of amides is 1. The summed E-state index contributed by atoms with van der Waals surface area (Å²) in [7, 11) is 2.06. The number of hydrogen-bond donors (Lipinski definition) is 2. The first-order chi connectivity index (χ1) is 13.4. The van der Waals surface area contributed by atoms with Gasteiger partial charge in [0.15, 0.2) is 5.82 Å². The molecule has 28 heavy (non-hydrogen) atoms. The predicted molar refractivity (Wildman–Crippen MR) is 110 cm³/mol. The zero-order chi connectivity index (χ0) is 19.8. The number of likely N-dealkylation sites (tertiary alicyclic amines) is 1. The maximum absolute atomic E-state index is 14.4. The normalized spacial score (nSPS) is 15.9. The number of benzene rings is 2. The maximum Gasteiger partial charge on any atom is 0.228 e. The molecule has 0 saturated carbocycles. The Morgan fingerprint density at radius 3 is 2.79 bits per heavy atom. The molecule has 0 aliphatic carbocycles. The molecule has 1 aromatic heterocycles. The number of carbonyl (C=O) groups is 1. The number of H-pyrrole nitrogens is 1. The third kappa shape index (κ3) is 3.50. The van der Waals surface area contributed by atoms with E-state index in [1.165, 1.54) is 6.07 Å². The average molecular weight is 401 g/mol. The fourth-order valence-electron chi connectivity index (χ4n) is 3.68. The Morgan fingerprint density at radius 1 is 1.29 bits per heavy atom. The lowest BCUT2D eigenvalue weighted by molar-refractivity contribution is -0.121. The summed E-state index contributed by atoms with van der Waals surface area (Å²) in [6, 6.07) is 8.50. The van der Waals surface area contributed by atoms with Crippen LogP contribution in [0.25, 0.3) is 22.0 Å². The Morgan fingerprint density at radius 2 is 2.04 bits per heavy atom. The molecule has 5 nitrogen and oxygen atoms in total. The van der Waals surface area contributed by atoms with Gasteiger partial charge in [0.1, 0.15) is 5.82 Å². The van der Waals surface area contributed by atoms with E-state index >= 15 is 0 Å². The fourth-order valence-corrected chi connectivity index (χ4v) is 3.94. The van der Waals surface area contributed by atoms with Gasteiger partial charge in [-0.1, -0.05) is 23.7 Å². The van der Waals surface area contributed by atoms with Crippen LogP contribution in [0.15, 0.2) is 30.3 Å². The molecule has 7 heteroatoms. The minimum Gasteiger partial charge on any atom is -0.308 e. The Balaban J connectivity index is 1.66. The van der Waals surface area contributed by atoms with E-state index < -0.39 is 0 Å². The van der Waals surface area contributed by atoms with Crippen LogP contribution in [0.5, 0.6) is 0 Å². The summed E-state index contributed by atoms with van der Waals surface area (Å²) >= 11 is 6.36. The van der Waals surface area contributed by atoms with Crippen molar-refractivity contribution in [2.45, 2.75) is 19.8 Å². The zero-order valence-corrected chi connectivity index (χ0v) is 16.6. The molecule has 146 valence electrons. The van der Waals surface area contributed by atoms with Crippen molar-refractivity contribution in [2.24, 2.45) is 5.92 Å². The lowest BCUT2D eigenvalue weighted by Crippen LogP contribution is -2.36. The average Bonchev–Trinajstić information content (AvgIpc) is 3.08. The van der Waals surface area contributed by atoms with Crippen molar-refractivity contribution in [2.75, 3.05) is 25.5 Å². The minimum absolute atomic E-state index is 0.0187. The van der Waals surface area contributed by atoms with Crippen LogP contribution in [0.4, 0.5) is 10.2 Å². The molecule has 3 aromatic rings. The Labute approximate surface area is 167 Å². The lowest BCUT2D eigenvalue weighted by atomic mass is 9.96. The van der Waals surface area contributed by atoms with E-state index in [0.717, 1.165) is 42.4 Å². The molecule has 0 spiro atoms. The molecular formula is C21H22ClFN4O. The summed E-state index contributed by atoms with van der Waals surface area (Å²) in [5, 5.41) is 11.2. The van der Waals surface area contributed by atoms with Gasteiger partial charge in [-0.2, -0.15) is 5.10 Å². The number of carbonyl (C=O) groups excluding carboxylic acids is 1. The molecule has 0 atom stereocenters. The highest BCUT2D eigenvalue weighted by atomic mass is 35.5. The highest BCUT2D eigenvalue weighted by molar-refractivity contribution is 6.34. The quantitative estimate of drug-likeness (QED) is 0.674. The van der Waals surface area contributed by atoms with E-state index in [0.29, 0.717) is 22.0 Å². The van der Waals surface area contributed by atoms with Crippen molar-refractivity contribution in [3.63, 3.8) is 0 Å². The van der Waals surface area contributed by atoms with E-state index in [1.807, 2.05) is 19.1 Å². The van der Waals surface area contributed by atoms with Gasteiger partial charge >= 0.3 is 0 Å². The molecule has 0 radical (unpaired) electrons. The van der Waals surface area contributed by atoms with Gasteiger partial charge in [-0.05, 0) is 69.2 Å². The monoisotopic (exact) mass is 400 g/mol. The van der Waals surface area contributed by atoms with Crippen LogP contribution in [-0.2, 0) is 4.79 Å². The maximum atomic E-state index is 14.4. The van der Waals surface area contributed by atoms with Crippen molar-refractivity contribution >= 4 is 34.2 Å². The second-order valence-corrected chi connectivity index (χ2v) is 7.83.